The largest absolute Gasteiger partial charge is 0.393 e. The Morgan fingerprint density at radius 1 is 1.35 bits per heavy atom. The molecule has 2 aromatic rings. The van der Waals surface area contributed by atoms with Crippen molar-refractivity contribution in [3.8, 4) is 0 Å². The van der Waals surface area contributed by atoms with E-state index in [0.717, 1.165) is 5.82 Å². The minimum atomic E-state index is -0.551. The van der Waals surface area contributed by atoms with E-state index in [1.807, 2.05) is 17.7 Å². The average Bonchev–Trinajstić information content (AvgIpc) is 2.68. The van der Waals surface area contributed by atoms with Crippen molar-refractivity contribution >= 4 is 5.69 Å². The van der Waals surface area contributed by atoms with Crippen LogP contribution in [0.2, 0.25) is 0 Å². The van der Waals surface area contributed by atoms with Crippen LogP contribution in [0, 0.1) is 6.92 Å². The first-order valence-corrected chi connectivity index (χ1v) is 5.15. The summed E-state index contributed by atoms with van der Waals surface area (Å²) in [6.07, 6.45) is 4.88. The maximum atomic E-state index is 11.5. The minimum Gasteiger partial charge on any atom is -0.393 e. The number of aromatic amines is 1. The first-order chi connectivity index (χ1) is 8.08. The fourth-order valence-electron chi connectivity index (χ4n) is 1.55. The summed E-state index contributed by atoms with van der Waals surface area (Å²) in [4.78, 5) is 28.8. The third-order valence-electron chi connectivity index (χ3n) is 2.54. The monoisotopic (exact) mass is 235 g/mol. The van der Waals surface area contributed by atoms with Gasteiger partial charge >= 0.3 is 5.69 Å². The van der Waals surface area contributed by atoms with E-state index in [-0.39, 0.29) is 5.69 Å². The third-order valence-corrected chi connectivity index (χ3v) is 2.54. The molecule has 3 N–H and O–H groups in total. The molecular weight excluding hydrogens is 222 g/mol. The van der Waals surface area contributed by atoms with Crippen LogP contribution in [0.1, 0.15) is 5.82 Å². The van der Waals surface area contributed by atoms with Crippen molar-refractivity contribution in [2.24, 2.45) is 0 Å². The smallest absolute Gasteiger partial charge is 0.328 e. The lowest BCUT2D eigenvalue weighted by molar-refractivity contribution is 0.546. The summed E-state index contributed by atoms with van der Waals surface area (Å²) in [6, 6.07) is 0. The first kappa shape index (κ1) is 11.2. The van der Waals surface area contributed by atoms with Crippen molar-refractivity contribution in [3.05, 3.63) is 45.3 Å². The van der Waals surface area contributed by atoms with Gasteiger partial charge in [-0.25, -0.2) is 9.78 Å². The molecule has 7 nitrogen and oxygen atoms in total. The van der Waals surface area contributed by atoms with Gasteiger partial charge in [-0.3, -0.25) is 14.3 Å². The predicted octanol–water partition coefficient (Wildman–Crippen LogP) is -0.676. The number of aromatic nitrogens is 4. The molecule has 0 saturated heterocycles. The van der Waals surface area contributed by atoms with Gasteiger partial charge in [0.2, 0.25) is 0 Å². The fraction of sp³-hybridized carbons (Fsp3) is 0.300. The van der Waals surface area contributed by atoms with E-state index >= 15 is 0 Å². The maximum Gasteiger partial charge on any atom is 0.328 e. The molecular formula is C10H13N5O2. The van der Waals surface area contributed by atoms with Crippen LogP contribution in [0.5, 0.6) is 0 Å². The number of H-pyrrole nitrogens is 1. The molecule has 90 valence electrons. The molecule has 17 heavy (non-hydrogen) atoms. The minimum absolute atomic E-state index is 0.0342. The number of nitrogens with zero attached hydrogens (tertiary/aromatic N) is 3. The van der Waals surface area contributed by atoms with Crippen LogP contribution in [-0.4, -0.2) is 19.1 Å². The number of rotatable bonds is 3. The predicted molar refractivity (Wildman–Crippen MR) is 62.7 cm³/mol. The van der Waals surface area contributed by atoms with E-state index in [1.165, 1.54) is 10.8 Å². The Kier molecular flexibility index (Phi) is 2.82. The van der Waals surface area contributed by atoms with Gasteiger partial charge in [-0.2, -0.15) is 0 Å². The summed E-state index contributed by atoms with van der Waals surface area (Å²) in [5.41, 5.74) is 4.47. The fourth-order valence-corrected chi connectivity index (χ4v) is 1.55. The average molecular weight is 235 g/mol. The van der Waals surface area contributed by atoms with Crippen LogP contribution in [0.15, 0.2) is 28.2 Å². The second-order valence-electron chi connectivity index (χ2n) is 3.70. The molecule has 0 spiro atoms. The van der Waals surface area contributed by atoms with Gasteiger partial charge in [0.05, 0.1) is 0 Å². The third kappa shape index (κ3) is 2.27. The highest BCUT2D eigenvalue weighted by Crippen LogP contribution is 1.96. The molecule has 0 unspecified atom stereocenters. The lowest BCUT2D eigenvalue weighted by Gasteiger charge is -2.07. The van der Waals surface area contributed by atoms with Gasteiger partial charge in [-0.05, 0) is 6.92 Å². The summed E-state index contributed by atoms with van der Waals surface area (Å²) in [6.45, 7) is 2.90. The Bertz CT molecular complexity index is 637. The Hall–Kier alpha value is -2.31. The van der Waals surface area contributed by atoms with E-state index < -0.39 is 11.2 Å². The second-order valence-corrected chi connectivity index (χ2v) is 3.70. The van der Waals surface area contributed by atoms with Crippen molar-refractivity contribution in [2.75, 3.05) is 5.73 Å². The summed E-state index contributed by atoms with van der Waals surface area (Å²) < 4.78 is 3.28. The second kappa shape index (κ2) is 4.28. The van der Waals surface area contributed by atoms with Crippen LogP contribution in [0.25, 0.3) is 0 Å². The molecule has 7 heteroatoms. The van der Waals surface area contributed by atoms with Gasteiger partial charge in [0, 0.05) is 31.7 Å². The summed E-state index contributed by atoms with van der Waals surface area (Å²) in [5, 5.41) is 0. The Labute approximate surface area is 96.5 Å². The highest BCUT2D eigenvalue weighted by atomic mass is 16.2. The lowest BCUT2D eigenvalue weighted by atomic mass is 10.5. The zero-order valence-corrected chi connectivity index (χ0v) is 9.38. The lowest BCUT2D eigenvalue weighted by Crippen LogP contribution is -2.32. The van der Waals surface area contributed by atoms with Crippen LogP contribution < -0.4 is 17.0 Å². The van der Waals surface area contributed by atoms with Crippen LogP contribution >= 0.6 is 0 Å². The summed E-state index contributed by atoms with van der Waals surface area (Å²) in [5.74, 6) is 0.871. The topological polar surface area (TPSA) is 98.7 Å². The van der Waals surface area contributed by atoms with Gasteiger partial charge in [-0.1, -0.05) is 0 Å². The van der Waals surface area contributed by atoms with Crippen LogP contribution in [0.4, 0.5) is 5.69 Å². The number of nitrogens with one attached hydrogen (secondary N) is 1. The SMILES string of the molecule is Cc1nccn1CCn1cc(N)c(=O)[nH]c1=O. The highest BCUT2D eigenvalue weighted by molar-refractivity contribution is 5.30. The van der Waals surface area contributed by atoms with Crippen LogP contribution in [0.3, 0.4) is 0 Å². The number of hydrogen-bond donors (Lipinski definition) is 2. The molecule has 0 aliphatic rings. The molecule has 0 atom stereocenters. The normalized spacial score (nSPS) is 10.6. The number of nitrogens with two attached hydrogens (primary N) is 1. The highest BCUT2D eigenvalue weighted by Gasteiger charge is 2.02. The maximum absolute atomic E-state index is 11.5. The zero-order chi connectivity index (χ0) is 12.4. The molecule has 2 heterocycles. The quantitative estimate of drug-likeness (QED) is 0.736. The van der Waals surface area contributed by atoms with E-state index in [2.05, 4.69) is 9.97 Å². The summed E-state index contributed by atoms with van der Waals surface area (Å²) >= 11 is 0. The Morgan fingerprint density at radius 3 is 2.71 bits per heavy atom. The molecule has 0 bridgehead atoms. The molecule has 2 aromatic heterocycles. The molecule has 0 saturated carbocycles. The van der Waals surface area contributed by atoms with Crippen molar-refractivity contribution in [1.82, 2.24) is 19.1 Å². The van der Waals surface area contributed by atoms with Gasteiger partial charge in [-0.15, -0.1) is 0 Å². The molecule has 2 rings (SSSR count). The van der Waals surface area contributed by atoms with Crippen LogP contribution in [-0.2, 0) is 13.1 Å². The molecule has 0 aromatic carbocycles. The van der Waals surface area contributed by atoms with E-state index in [1.54, 1.807) is 6.20 Å². The van der Waals surface area contributed by atoms with E-state index in [9.17, 15) is 9.59 Å². The van der Waals surface area contributed by atoms with E-state index in [4.69, 9.17) is 5.73 Å². The molecule has 0 amide bonds. The number of anilines is 1. The van der Waals surface area contributed by atoms with Gasteiger partial charge < -0.3 is 10.3 Å². The number of imidazole rings is 1. The van der Waals surface area contributed by atoms with Gasteiger partial charge in [0.1, 0.15) is 11.5 Å². The number of nitrogen functional groups attached to an aromatic ring is 1. The van der Waals surface area contributed by atoms with Crippen molar-refractivity contribution in [3.63, 3.8) is 0 Å². The first-order valence-electron chi connectivity index (χ1n) is 5.15. The molecule has 0 aliphatic carbocycles. The Balaban J connectivity index is 2.20. The van der Waals surface area contributed by atoms with Crippen molar-refractivity contribution in [1.29, 1.82) is 0 Å². The number of hydrogen-bond acceptors (Lipinski definition) is 4. The molecule has 0 fully saturated rings. The zero-order valence-electron chi connectivity index (χ0n) is 9.38. The van der Waals surface area contributed by atoms with E-state index in [0.29, 0.717) is 13.1 Å². The van der Waals surface area contributed by atoms with Crippen molar-refractivity contribution in [2.45, 2.75) is 20.0 Å². The van der Waals surface area contributed by atoms with Crippen molar-refractivity contribution < 1.29 is 0 Å². The standard InChI is InChI=1S/C10H13N5O2/c1-7-12-2-3-14(7)4-5-15-6-8(11)9(16)13-10(15)17/h2-3,6H,4-5,11H2,1H3,(H,13,16,17). The molecule has 0 aliphatic heterocycles. The molecule has 0 radical (unpaired) electrons. The van der Waals surface area contributed by atoms with Gasteiger partial charge in [0.25, 0.3) is 5.56 Å². The summed E-state index contributed by atoms with van der Waals surface area (Å²) in [7, 11) is 0. The number of aryl methyl sites for hydroxylation is 3. The Morgan fingerprint density at radius 2 is 2.06 bits per heavy atom. The van der Waals surface area contributed by atoms with Gasteiger partial charge in [0.15, 0.2) is 0 Å².